The number of sulfonamides is 1. The van der Waals surface area contributed by atoms with Crippen molar-refractivity contribution in [3.8, 4) is 22.9 Å². The predicted octanol–water partition coefficient (Wildman–Crippen LogP) is 6.48. The van der Waals surface area contributed by atoms with Crippen molar-refractivity contribution in [2.45, 2.75) is 95.2 Å². The number of carbonyl (C=O) groups is 1. The molecule has 4 bridgehead atoms. The Morgan fingerprint density at radius 3 is 2.37 bits per heavy atom. The number of amides is 1. The van der Waals surface area contributed by atoms with Gasteiger partial charge >= 0.3 is 0 Å². The third-order valence-corrected chi connectivity index (χ3v) is 11.1. The number of fused-ring (bicyclic) bond motifs is 4. The molecule has 11 nitrogen and oxygen atoms in total. The van der Waals surface area contributed by atoms with Crippen molar-refractivity contribution in [1.82, 2.24) is 24.8 Å². The second kappa shape index (κ2) is 13.4. The maximum absolute atomic E-state index is 14.6. The van der Waals surface area contributed by atoms with Crippen LogP contribution in [0.1, 0.15) is 85.6 Å². The molecule has 2 fully saturated rings. The van der Waals surface area contributed by atoms with Gasteiger partial charge in [-0.25, -0.2) is 28.1 Å². The van der Waals surface area contributed by atoms with E-state index < -0.39 is 10.0 Å². The van der Waals surface area contributed by atoms with E-state index in [2.05, 4.69) is 38.5 Å². The number of nitrogens with zero attached hydrogens (tertiary/aromatic N) is 5. The molecule has 1 aliphatic heterocycles. The van der Waals surface area contributed by atoms with Crippen LogP contribution in [0, 0.1) is 19.8 Å². The molecule has 2 aliphatic carbocycles. The number of ether oxygens (including phenoxy) is 2. The van der Waals surface area contributed by atoms with Crippen LogP contribution in [0.15, 0.2) is 65.8 Å². The summed E-state index contributed by atoms with van der Waals surface area (Å²) in [7, 11) is -4.16. The normalized spacial score (nSPS) is 22.0. The molecule has 3 heterocycles. The molecular formula is C37H42N6O5S. The summed E-state index contributed by atoms with van der Waals surface area (Å²) >= 11 is 0. The molecule has 4 aromatic rings. The summed E-state index contributed by atoms with van der Waals surface area (Å²) in [5, 5.41) is 0. The van der Waals surface area contributed by atoms with Crippen LogP contribution in [-0.4, -0.2) is 64.0 Å². The molecule has 2 saturated carbocycles. The maximum atomic E-state index is 14.6. The van der Waals surface area contributed by atoms with Gasteiger partial charge in [0.15, 0.2) is 5.75 Å². The summed E-state index contributed by atoms with van der Waals surface area (Å²) in [4.78, 5) is 34.9. The van der Waals surface area contributed by atoms with Gasteiger partial charge in [-0.05, 0) is 87.6 Å². The van der Waals surface area contributed by atoms with Crippen LogP contribution >= 0.6 is 0 Å². The quantitative estimate of drug-likeness (QED) is 0.232. The van der Waals surface area contributed by atoms with E-state index in [0.717, 1.165) is 42.4 Å². The standard InChI is InChI=1S/C37H42N6O5S/c1-22(2)16-26-21-47-33-18-31(34-23(3)8-5-9-24(34)4)40-37(41-33)42-49(45,46)29-13-6-10-25(17-29)36(44)43(26)32-15-14-30(32)35-38-19-28(20-39-35)48-27-11-7-12-27/h5-6,8-10,13,17-20,22,26-27,30,32H,7,11-12,14-16,21H2,1-4H3,(H,40,41,42)/t26-,30?,32?/m1/s1. The van der Waals surface area contributed by atoms with E-state index in [1.807, 2.05) is 36.9 Å². The minimum Gasteiger partial charge on any atom is -0.487 e. The second-order valence-corrected chi connectivity index (χ2v) is 15.5. The SMILES string of the molecule is Cc1cccc(C)c1-c1cc2nc(n1)NS(=O)(=O)c1cccc(c1)C(=O)N(C1CCC1c1ncc(OC3CCC3)cn1)[C@H](CC(C)C)CO2. The largest absolute Gasteiger partial charge is 0.487 e. The number of rotatable bonds is 7. The van der Waals surface area contributed by atoms with E-state index in [9.17, 15) is 13.2 Å². The van der Waals surface area contributed by atoms with E-state index in [1.165, 1.54) is 18.6 Å². The molecule has 49 heavy (non-hydrogen) atoms. The van der Waals surface area contributed by atoms with Gasteiger partial charge in [-0.3, -0.25) is 4.79 Å². The fourth-order valence-corrected chi connectivity index (χ4v) is 7.96. The van der Waals surface area contributed by atoms with Crippen molar-refractivity contribution in [2.24, 2.45) is 5.92 Å². The van der Waals surface area contributed by atoms with Gasteiger partial charge in [-0.2, -0.15) is 4.98 Å². The Kier molecular flexibility index (Phi) is 8.99. The monoisotopic (exact) mass is 682 g/mol. The highest BCUT2D eigenvalue weighted by Gasteiger charge is 2.44. The molecule has 1 N–H and O–H groups in total. The maximum Gasteiger partial charge on any atom is 0.264 e. The number of aryl methyl sites for hydroxylation is 2. The lowest BCUT2D eigenvalue weighted by molar-refractivity contribution is 0.0204. The van der Waals surface area contributed by atoms with Crippen LogP contribution < -0.4 is 14.2 Å². The van der Waals surface area contributed by atoms with E-state index in [1.54, 1.807) is 30.6 Å². The zero-order valence-corrected chi connectivity index (χ0v) is 29.1. The van der Waals surface area contributed by atoms with Gasteiger partial charge in [0.05, 0.1) is 35.1 Å². The van der Waals surface area contributed by atoms with Crippen LogP contribution in [-0.2, 0) is 10.0 Å². The Hall–Kier alpha value is -4.58. The second-order valence-electron chi connectivity index (χ2n) is 13.8. The molecule has 3 aliphatic rings. The summed E-state index contributed by atoms with van der Waals surface area (Å²) in [6, 6.07) is 13.3. The average molecular weight is 683 g/mol. The van der Waals surface area contributed by atoms with Crippen molar-refractivity contribution in [1.29, 1.82) is 0 Å². The highest BCUT2D eigenvalue weighted by molar-refractivity contribution is 7.92. The molecule has 256 valence electrons. The topological polar surface area (TPSA) is 136 Å². The van der Waals surface area contributed by atoms with E-state index >= 15 is 0 Å². The Bertz CT molecular complexity index is 1940. The lowest BCUT2D eigenvalue weighted by Gasteiger charge is -2.47. The minimum atomic E-state index is -4.16. The number of aromatic nitrogens is 4. The van der Waals surface area contributed by atoms with Gasteiger partial charge in [0.2, 0.25) is 11.8 Å². The number of anilines is 1. The van der Waals surface area contributed by atoms with Gasteiger partial charge in [0, 0.05) is 29.2 Å². The van der Waals surface area contributed by atoms with Gasteiger partial charge in [0.25, 0.3) is 15.9 Å². The van der Waals surface area contributed by atoms with Gasteiger partial charge in [-0.1, -0.05) is 38.1 Å². The number of nitrogens with one attached hydrogen (secondary N) is 1. The highest BCUT2D eigenvalue weighted by Crippen LogP contribution is 2.42. The summed E-state index contributed by atoms with van der Waals surface area (Å²) in [6.07, 6.45) is 9.18. The number of carbonyl (C=O) groups excluding carboxylic acids is 1. The first-order chi connectivity index (χ1) is 23.6. The number of hydrogen-bond acceptors (Lipinski definition) is 9. The molecule has 0 saturated heterocycles. The first-order valence-electron chi connectivity index (χ1n) is 17.1. The van der Waals surface area contributed by atoms with Crippen LogP contribution in [0.2, 0.25) is 0 Å². The summed E-state index contributed by atoms with van der Waals surface area (Å²) in [6.45, 7) is 8.35. The van der Waals surface area contributed by atoms with E-state index in [4.69, 9.17) is 9.47 Å². The minimum absolute atomic E-state index is 0.0583. The van der Waals surface area contributed by atoms with E-state index in [-0.39, 0.29) is 64.8 Å². The summed E-state index contributed by atoms with van der Waals surface area (Å²) < 4.78 is 42.4. The van der Waals surface area contributed by atoms with E-state index in [0.29, 0.717) is 23.7 Å². The molecule has 2 aromatic heterocycles. The third-order valence-electron chi connectivity index (χ3n) is 9.78. The Labute approximate surface area is 287 Å². The molecule has 7 rings (SSSR count). The van der Waals surface area contributed by atoms with Crippen molar-refractivity contribution >= 4 is 21.9 Å². The Morgan fingerprint density at radius 2 is 1.71 bits per heavy atom. The van der Waals surface area contributed by atoms with Crippen LogP contribution in [0.5, 0.6) is 11.6 Å². The van der Waals surface area contributed by atoms with Gasteiger partial charge < -0.3 is 14.4 Å². The molecule has 12 heteroatoms. The van der Waals surface area contributed by atoms with Crippen LogP contribution in [0.4, 0.5) is 5.95 Å². The van der Waals surface area contributed by atoms with Crippen molar-refractivity contribution in [3.05, 3.63) is 83.4 Å². The highest BCUT2D eigenvalue weighted by atomic mass is 32.2. The lowest BCUT2D eigenvalue weighted by Crippen LogP contribution is -2.56. The molecule has 2 unspecified atom stereocenters. The van der Waals surface area contributed by atoms with Crippen LogP contribution in [0.3, 0.4) is 0 Å². The molecular weight excluding hydrogens is 641 g/mol. The molecule has 2 aromatic carbocycles. The zero-order valence-electron chi connectivity index (χ0n) is 28.3. The zero-order chi connectivity index (χ0) is 34.3. The van der Waals surface area contributed by atoms with Crippen molar-refractivity contribution in [2.75, 3.05) is 11.3 Å². The van der Waals surface area contributed by atoms with Crippen molar-refractivity contribution in [3.63, 3.8) is 0 Å². The Morgan fingerprint density at radius 1 is 0.980 bits per heavy atom. The first-order valence-corrected chi connectivity index (χ1v) is 18.6. The van der Waals surface area contributed by atoms with Crippen molar-refractivity contribution < 1.29 is 22.7 Å². The fourth-order valence-electron chi connectivity index (χ4n) is 6.97. The van der Waals surface area contributed by atoms with Gasteiger partial charge in [-0.15, -0.1) is 0 Å². The van der Waals surface area contributed by atoms with Crippen LogP contribution in [0.25, 0.3) is 11.3 Å². The Balaban J connectivity index is 1.29. The number of hydrogen-bond donors (Lipinski definition) is 1. The number of benzene rings is 2. The molecule has 3 atom stereocenters. The summed E-state index contributed by atoms with van der Waals surface area (Å²) in [5.41, 5.74) is 3.66. The smallest absolute Gasteiger partial charge is 0.264 e. The molecule has 1 amide bonds. The molecule has 0 radical (unpaired) electrons. The summed E-state index contributed by atoms with van der Waals surface area (Å²) in [5.74, 6) is 1.30. The fraction of sp³-hybridized carbons (Fsp3) is 0.432. The predicted molar refractivity (Wildman–Crippen MR) is 185 cm³/mol. The molecule has 0 spiro atoms. The lowest BCUT2D eigenvalue weighted by atomic mass is 9.76. The third kappa shape index (κ3) is 6.83. The van der Waals surface area contributed by atoms with Gasteiger partial charge in [0.1, 0.15) is 12.4 Å². The first kappa shape index (κ1) is 32.9. The average Bonchev–Trinajstić information content (AvgIpc) is 3.03.